The van der Waals surface area contributed by atoms with E-state index in [0.29, 0.717) is 23.5 Å². The Hall–Kier alpha value is -4.57. The van der Waals surface area contributed by atoms with Crippen molar-refractivity contribution in [3.63, 3.8) is 0 Å². The van der Waals surface area contributed by atoms with Crippen LogP contribution in [-0.2, 0) is 21.4 Å². The second-order valence-electron chi connectivity index (χ2n) is 15.3. The van der Waals surface area contributed by atoms with Crippen LogP contribution < -0.4 is 15.4 Å². The van der Waals surface area contributed by atoms with Gasteiger partial charge in [0.05, 0.1) is 16.9 Å². The summed E-state index contributed by atoms with van der Waals surface area (Å²) >= 11 is 1.41. The minimum atomic E-state index is -0.986. The molecule has 1 fully saturated rings. The molecule has 10 heteroatoms. The number of carboxylic acids is 1. The monoisotopic (exact) mass is 738 g/mol. The van der Waals surface area contributed by atoms with E-state index in [4.69, 9.17) is 4.74 Å². The molecule has 0 radical (unpaired) electrons. The minimum absolute atomic E-state index is 0.0318. The molecule has 0 unspecified atom stereocenters. The first-order valence-corrected chi connectivity index (χ1v) is 19.9. The van der Waals surface area contributed by atoms with Crippen molar-refractivity contribution in [1.29, 1.82) is 0 Å². The van der Waals surface area contributed by atoms with Crippen LogP contribution in [0.4, 0.5) is 0 Å². The first-order valence-electron chi connectivity index (χ1n) is 19.0. The van der Waals surface area contributed by atoms with E-state index < -0.39 is 23.3 Å². The van der Waals surface area contributed by atoms with E-state index in [2.05, 4.69) is 48.3 Å². The lowest BCUT2D eigenvalue weighted by molar-refractivity contribution is -0.151. The summed E-state index contributed by atoms with van der Waals surface area (Å²) in [6.07, 6.45) is 13.5. The third-order valence-electron chi connectivity index (χ3n) is 10.1. The topological polar surface area (TPSA) is 131 Å². The van der Waals surface area contributed by atoms with Gasteiger partial charge in [0.2, 0.25) is 5.91 Å². The fraction of sp³-hybridized carbons (Fsp3) is 0.465. The molecule has 2 amide bonds. The van der Waals surface area contributed by atoms with Crippen molar-refractivity contribution in [2.75, 3.05) is 13.2 Å². The zero-order valence-electron chi connectivity index (χ0n) is 31.6. The number of aliphatic carboxylic acids is 1. The highest BCUT2D eigenvalue weighted by atomic mass is 32.1. The zero-order chi connectivity index (χ0) is 37.8. The van der Waals surface area contributed by atoms with Gasteiger partial charge in [-0.15, -0.1) is 11.3 Å². The average molecular weight is 739 g/mol. The standard InChI is InChI=1S/C43H54N4O5S/c1-5-6-7-8-12-25-52-34-19-17-31(18-20-34)33-27-44-38(45-28-33)32-15-13-30(14-16-32)26-35(47-40(49)36-21-22-37(53-36)42(2,3)4)39(48)46-29-43(41(50)51)23-10-9-11-24-43/h13-22,27-28,35H,5-12,23-26,29H2,1-4H3,(H,46,48)(H,47,49)(H,50,51)/t35-/m0/s1. The number of unbranched alkanes of at least 4 members (excludes halogenated alkanes) is 4. The smallest absolute Gasteiger partial charge is 0.311 e. The number of hydrogen-bond donors (Lipinski definition) is 3. The summed E-state index contributed by atoms with van der Waals surface area (Å²) in [5.41, 5.74) is 2.47. The molecule has 1 aliphatic rings. The van der Waals surface area contributed by atoms with E-state index in [1.165, 1.54) is 37.0 Å². The number of rotatable bonds is 17. The molecule has 282 valence electrons. The highest BCUT2D eigenvalue weighted by Gasteiger charge is 2.40. The van der Waals surface area contributed by atoms with E-state index in [9.17, 15) is 19.5 Å². The van der Waals surface area contributed by atoms with Gasteiger partial charge in [0.1, 0.15) is 11.8 Å². The van der Waals surface area contributed by atoms with E-state index in [0.717, 1.165) is 65.2 Å². The number of nitrogens with one attached hydrogen (secondary N) is 2. The maximum atomic E-state index is 13.7. The summed E-state index contributed by atoms with van der Waals surface area (Å²) in [7, 11) is 0. The Morgan fingerprint density at radius 2 is 1.51 bits per heavy atom. The number of carboxylic acid groups (broad SMARTS) is 1. The van der Waals surface area contributed by atoms with Crippen LogP contribution >= 0.6 is 11.3 Å². The number of carbonyl (C=O) groups is 3. The second-order valence-corrected chi connectivity index (χ2v) is 16.4. The molecular formula is C43H54N4O5S. The van der Waals surface area contributed by atoms with Gasteiger partial charge < -0.3 is 20.5 Å². The molecule has 53 heavy (non-hydrogen) atoms. The summed E-state index contributed by atoms with van der Waals surface area (Å²) in [5.74, 6) is -0.188. The molecule has 4 aromatic rings. The van der Waals surface area contributed by atoms with Crippen molar-refractivity contribution in [3.05, 3.63) is 88.4 Å². The lowest BCUT2D eigenvalue weighted by Crippen LogP contribution is -2.52. The predicted molar refractivity (Wildman–Crippen MR) is 211 cm³/mol. The van der Waals surface area contributed by atoms with Gasteiger partial charge in [0.15, 0.2) is 5.82 Å². The molecule has 1 saturated carbocycles. The molecule has 1 aliphatic carbocycles. The first kappa shape index (κ1) is 39.6. The molecule has 2 aromatic heterocycles. The van der Waals surface area contributed by atoms with Crippen LogP contribution in [0.2, 0.25) is 0 Å². The van der Waals surface area contributed by atoms with Gasteiger partial charge >= 0.3 is 5.97 Å². The number of hydrogen-bond acceptors (Lipinski definition) is 7. The quantitative estimate of drug-likeness (QED) is 0.0922. The Morgan fingerprint density at radius 1 is 0.849 bits per heavy atom. The molecule has 2 aromatic carbocycles. The number of carbonyl (C=O) groups excluding carboxylic acids is 2. The van der Waals surface area contributed by atoms with Crippen LogP contribution in [0.1, 0.15) is 112 Å². The van der Waals surface area contributed by atoms with Crippen molar-refractivity contribution in [2.45, 2.75) is 110 Å². The highest BCUT2D eigenvalue weighted by molar-refractivity contribution is 7.14. The Bertz CT molecular complexity index is 1790. The molecular weight excluding hydrogens is 685 g/mol. The van der Waals surface area contributed by atoms with Crippen LogP contribution in [0.5, 0.6) is 5.75 Å². The Kier molecular flexibility index (Phi) is 13.8. The van der Waals surface area contributed by atoms with Crippen LogP contribution in [0, 0.1) is 5.41 Å². The Labute approximate surface area is 318 Å². The third-order valence-corrected chi connectivity index (χ3v) is 11.6. The molecule has 5 rings (SSSR count). The fourth-order valence-electron chi connectivity index (χ4n) is 6.67. The van der Waals surface area contributed by atoms with E-state index >= 15 is 0 Å². The fourth-order valence-corrected chi connectivity index (χ4v) is 7.63. The maximum Gasteiger partial charge on any atom is 0.311 e. The van der Waals surface area contributed by atoms with Gasteiger partial charge in [-0.2, -0.15) is 0 Å². The lowest BCUT2D eigenvalue weighted by atomic mass is 9.74. The Morgan fingerprint density at radius 3 is 2.13 bits per heavy atom. The molecule has 2 heterocycles. The van der Waals surface area contributed by atoms with Crippen molar-refractivity contribution >= 4 is 29.1 Å². The van der Waals surface area contributed by atoms with Crippen molar-refractivity contribution < 1.29 is 24.2 Å². The molecule has 0 aliphatic heterocycles. The first-order chi connectivity index (χ1) is 25.5. The van der Waals surface area contributed by atoms with Crippen LogP contribution in [-0.4, -0.2) is 52.1 Å². The van der Waals surface area contributed by atoms with E-state index in [-0.39, 0.29) is 24.3 Å². The van der Waals surface area contributed by atoms with Crippen LogP contribution in [0.3, 0.4) is 0 Å². The summed E-state index contributed by atoms with van der Waals surface area (Å²) in [5, 5.41) is 15.9. The number of benzene rings is 2. The molecule has 1 atom stereocenters. The number of nitrogens with zero attached hydrogens (tertiary/aromatic N) is 2. The van der Waals surface area contributed by atoms with Crippen molar-refractivity contribution in [1.82, 2.24) is 20.6 Å². The van der Waals surface area contributed by atoms with Crippen LogP contribution in [0.25, 0.3) is 22.5 Å². The van der Waals surface area contributed by atoms with Crippen LogP contribution in [0.15, 0.2) is 73.1 Å². The Balaban J connectivity index is 1.24. The highest BCUT2D eigenvalue weighted by Crippen LogP contribution is 2.36. The predicted octanol–water partition coefficient (Wildman–Crippen LogP) is 9.01. The largest absolute Gasteiger partial charge is 0.494 e. The number of ether oxygens (including phenoxy) is 1. The molecule has 0 spiro atoms. The second kappa shape index (κ2) is 18.5. The summed E-state index contributed by atoms with van der Waals surface area (Å²) in [6.45, 7) is 9.25. The molecule has 3 N–H and O–H groups in total. The zero-order valence-corrected chi connectivity index (χ0v) is 32.4. The molecule has 0 bridgehead atoms. The van der Waals surface area contributed by atoms with Gasteiger partial charge in [0, 0.05) is 41.4 Å². The van der Waals surface area contributed by atoms with Gasteiger partial charge in [-0.1, -0.05) is 109 Å². The van der Waals surface area contributed by atoms with Crippen molar-refractivity contribution in [3.8, 4) is 28.3 Å². The maximum absolute atomic E-state index is 13.7. The van der Waals surface area contributed by atoms with Gasteiger partial charge in [-0.25, -0.2) is 9.97 Å². The molecule has 9 nitrogen and oxygen atoms in total. The van der Waals surface area contributed by atoms with Gasteiger partial charge in [0.25, 0.3) is 5.91 Å². The third kappa shape index (κ3) is 11.0. The SMILES string of the molecule is CCCCCCCOc1ccc(-c2cnc(-c3ccc(C[C@H](NC(=O)c4ccc(C(C)(C)C)s4)C(=O)NCC4(C(=O)O)CCCCC4)cc3)nc2)cc1. The van der Waals surface area contributed by atoms with E-state index in [1.807, 2.05) is 67.0 Å². The number of amides is 2. The minimum Gasteiger partial charge on any atom is -0.494 e. The van der Waals surface area contributed by atoms with Gasteiger partial charge in [-0.3, -0.25) is 14.4 Å². The normalized spacial score (nSPS) is 14.6. The summed E-state index contributed by atoms with van der Waals surface area (Å²) in [6, 6.07) is 18.5. The molecule has 0 saturated heterocycles. The summed E-state index contributed by atoms with van der Waals surface area (Å²) in [4.78, 5) is 50.2. The van der Waals surface area contributed by atoms with Gasteiger partial charge in [-0.05, 0) is 60.1 Å². The summed E-state index contributed by atoms with van der Waals surface area (Å²) < 4.78 is 5.91. The van der Waals surface area contributed by atoms with Crippen molar-refractivity contribution in [2.24, 2.45) is 5.41 Å². The van der Waals surface area contributed by atoms with E-state index in [1.54, 1.807) is 6.07 Å². The number of aromatic nitrogens is 2. The number of thiophene rings is 1. The average Bonchev–Trinajstić information content (AvgIpc) is 3.68. The lowest BCUT2D eigenvalue weighted by Gasteiger charge is -2.33.